The Labute approximate surface area is 198 Å². The van der Waals surface area contributed by atoms with Gasteiger partial charge in [-0.05, 0) is 67.9 Å². The summed E-state index contributed by atoms with van der Waals surface area (Å²) in [5.74, 6) is 1.91. The van der Waals surface area contributed by atoms with Gasteiger partial charge in [0.25, 0.3) is 0 Å². The summed E-state index contributed by atoms with van der Waals surface area (Å²) in [4.78, 5) is 2.31. The molecule has 168 valence electrons. The summed E-state index contributed by atoms with van der Waals surface area (Å²) in [6, 6.07) is 15.2. The number of hydrogen-bond donors (Lipinski definition) is 1. The molecular weight excluding hydrogens is 434 g/mol. The largest absolute Gasteiger partial charge is 0.378 e. The number of aryl methyl sites for hydroxylation is 2. The van der Waals surface area contributed by atoms with E-state index in [1.54, 1.807) is 0 Å². The molecule has 2 aliphatic rings. The summed E-state index contributed by atoms with van der Waals surface area (Å²) in [5, 5.41) is 17.9. The van der Waals surface area contributed by atoms with Gasteiger partial charge in [0.15, 0.2) is 0 Å². The molecule has 1 unspecified atom stereocenters. The number of halogens is 1. The van der Waals surface area contributed by atoms with Crippen LogP contribution in [0.5, 0.6) is 0 Å². The molecule has 1 atom stereocenters. The van der Waals surface area contributed by atoms with Crippen molar-refractivity contribution in [2.45, 2.75) is 31.8 Å². The summed E-state index contributed by atoms with van der Waals surface area (Å²) in [7, 11) is 2.14. The Morgan fingerprint density at radius 3 is 2.64 bits per heavy atom. The van der Waals surface area contributed by atoms with Crippen molar-refractivity contribution in [1.82, 2.24) is 29.4 Å². The molecular formula is C25H26ClN7. The van der Waals surface area contributed by atoms with Gasteiger partial charge in [-0.3, -0.25) is 9.25 Å². The molecule has 1 fully saturated rings. The first kappa shape index (κ1) is 20.4. The highest BCUT2D eigenvalue weighted by Crippen LogP contribution is 2.36. The molecule has 0 spiro atoms. The lowest BCUT2D eigenvalue weighted by Crippen LogP contribution is -2.45. The van der Waals surface area contributed by atoms with Gasteiger partial charge < -0.3 is 10.2 Å². The van der Waals surface area contributed by atoms with E-state index >= 15 is 0 Å². The second-order valence-corrected chi connectivity index (χ2v) is 9.54. The van der Waals surface area contributed by atoms with Crippen molar-refractivity contribution in [3.05, 3.63) is 77.1 Å². The molecule has 0 saturated carbocycles. The number of hydrogen-bond acceptors (Lipinski definition) is 5. The van der Waals surface area contributed by atoms with Crippen molar-refractivity contribution < 1.29 is 0 Å². The van der Waals surface area contributed by atoms with E-state index in [1.807, 2.05) is 37.4 Å². The Kier molecular flexibility index (Phi) is 4.96. The van der Waals surface area contributed by atoms with Gasteiger partial charge in [0.05, 0.1) is 24.0 Å². The third kappa shape index (κ3) is 3.71. The molecule has 0 aliphatic carbocycles. The fourth-order valence-electron chi connectivity index (χ4n) is 4.94. The standard InChI is InChI=1S/C25H26ClN7/c1-16-29-30-25-10-8-23(28-20-6-4-19(26)5-7-20)22-11-17(3-9-24(22)33(16)25)18-12-27-32(13-18)21-14-31(2)15-21/h3-7,9,11-13,21,23,28H,8,10,14-15H2,1-2H3. The molecule has 8 heteroatoms. The van der Waals surface area contributed by atoms with Crippen LogP contribution in [-0.4, -0.2) is 49.6 Å². The quantitative estimate of drug-likeness (QED) is 0.480. The molecule has 1 N–H and O–H groups in total. The maximum absolute atomic E-state index is 6.10. The van der Waals surface area contributed by atoms with Crippen LogP contribution in [0.1, 0.15) is 35.7 Å². The molecule has 2 aromatic heterocycles. The van der Waals surface area contributed by atoms with Crippen molar-refractivity contribution in [1.29, 1.82) is 0 Å². The number of rotatable bonds is 4. The number of likely N-dealkylation sites (N-methyl/N-ethyl adjacent to an activating group) is 1. The van der Waals surface area contributed by atoms with Gasteiger partial charge in [0.2, 0.25) is 0 Å². The van der Waals surface area contributed by atoms with Crippen LogP contribution in [0.4, 0.5) is 5.69 Å². The van der Waals surface area contributed by atoms with Crippen LogP contribution < -0.4 is 5.32 Å². The highest BCUT2D eigenvalue weighted by atomic mass is 35.5. The van der Waals surface area contributed by atoms with E-state index in [0.717, 1.165) is 59.5 Å². The van der Waals surface area contributed by atoms with Crippen LogP contribution in [0.15, 0.2) is 54.9 Å². The first-order valence-corrected chi connectivity index (χ1v) is 11.7. The normalized spacial score (nSPS) is 18.3. The highest BCUT2D eigenvalue weighted by molar-refractivity contribution is 6.30. The number of nitrogens with one attached hydrogen (secondary N) is 1. The third-order valence-corrected chi connectivity index (χ3v) is 6.98. The molecule has 7 nitrogen and oxygen atoms in total. The summed E-state index contributed by atoms with van der Waals surface area (Å²) in [5.41, 5.74) is 5.73. The van der Waals surface area contributed by atoms with Crippen molar-refractivity contribution in [3.63, 3.8) is 0 Å². The molecule has 2 aromatic carbocycles. The van der Waals surface area contributed by atoms with E-state index in [2.05, 4.69) is 66.2 Å². The van der Waals surface area contributed by atoms with Crippen molar-refractivity contribution in [2.75, 3.05) is 25.5 Å². The molecule has 0 bridgehead atoms. The zero-order valence-corrected chi connectivity index (χ0v) is 19.5. The smallest absolute Gasteiger partial charge is 0.137 e. The topological polar surface area (TPSA) is 63.8 Å². The zero-order valence-electron chi connectivity index (χ0n) is 18.7. The van der Waals surface area contributed by atoms with Crippen molar-refractivity contribution in [3.8, 4) is 16.8 Å². The van der Waals surface area contributed by atoms with Gasteiger partial charge in [-0.2, -0.15) is 5.10 Å². The van der Waals surface area contributed by atoms with Gasteiger partial charge in [-0.1, -0.05) is 17.7 Å². The van der Waals surface area contributed by atoms with Crippen LogP contribution in [0.2, 0.25) is 5.02 Å². The summed E-state index contributed by atoms with van der Waals surface area (Å²) in [6.07, 6.45) is 5.93. The summed E-state index contributed by atoms with van der Waals surface area (Å²) < 4.78 is 4.29. The monoisotopic (exact) mass is 459 g/mol. The van der Waals surface area contributed by atoms with Crippen LogP contribution in [-0.2, 0) is 6.42 Å². The Morgan fingerprint density at radius 1 is 1.03 bits per heavy atom. The maximum Gasteiger partial charge on any atom is 0.137 e. The number of nitrogens with zero attached hydrogens (tertiary/aromatic N) is 6. The number of fused-ring (bicyclic) bond motifs is 3. The van der Waals surface area contributed by atoms with Crippen LogP contribution in [0.25, 0.3) is 16.8 Å². The molecule has 0 radical (unpaired) electrons. The van der Waals surface area contributed by atoms with Crippen LogP contribution in [0, 0.1) is 6.92 Å². The van der Waals surface area contributed by atoms with Crippen molar-refractivity contribution >= 4 is 17.3 Å². The number of benzene rings is 2. The Hall–Kier alpha value is -3.16. The minimum Gasteiger partial charge on any atom is -0.378 e. The molecule has 0 amide bonds. The van der Waals surface area contributed by atoms with Crippen LogP contribution in [0.3, 0.4) is 0 Å². The zero-order chi connectivity index (χ0) is 22.5. The van der Waals surface area contributed by atoms with Gasteiger partial charge in [-0.15, -0.1) is 10.2 Å². The highest BCUT2D eigenvalue weighted by Gasteiger charge is 2.27. The predicted octanol–water partition coefficient (Wildman–Crippen LogP) is 4.68. The Balaban J connectivity index is 1.40. The summed E-state index contributed by atoms with van der Waals surface area (Å²) >= 11 is 6.10. The first-order valence-electron chi connectivity index (χ1n) is 11.4. The molecule has 33 heavy (non-hydrogen) atoms. The minimum atomic E-state index is 0.137. The molecule has 6 rings (SSSR count). The SMILES string of the molecule is Cc1nnc2n1-c1ccc(-c3cnn(C4CN(C)C4)c3)cc1C(Nc1ccc(Cl)cc1)CC2. The lowest BCUT2D eigenvalue weighted by Gasteiger charge is -2.36. The second-order valence-electron chi connectivity index (χ2n) is 9.10. The molecule has 2 aliphatic heterocycles. The van der Waals surface area contributed by atoms with Gasteiger partial charge in [0, 0.05) is 42.0 Å². The van der Waals surface area contributed by atoms with E-state index in [1.165, 1.54) is 11.1 Å². The third-order valence-electron chi connectivity index (χ3n) is 6.73. The van der Waals surface area contributed by atoms with E-state index in [9.17, 15) is 0 Å². The predicted molar refractivity (Wildman–Crippen MR) is 130 cm³/mol. The van der Waals surface area contributed by atoms with Gasteiger partial charge >= 0.3 is 0 Å². The average Bonchev–Trinajstić information content (AvgIpc) is 3.39. The lowest BCUT2D eigenvalue weighted by atomic mass is 9.96. The molecule has 4 heterocycles. The van der Waals surface area contributed by atoms with E-state index in [-0.39, 0.29) is 6.04 Å². The maximum atomic E-state index is 6.10. The summed E-state index contributed by atoms with van der Waals surface area (Å²) in [6.45, 7) is 4.11. The van der Waals surface area contributed by atoms with Gasteiger partial charge in [0.1, 0.15) is 11.6 Å². The Morgan fingerprint density at radius 2 is 1.85 bits per heavy atom. The number of likely N-dealkylation sites (tertiary alicyclic amines) is 1. The van der Waals surface area contributed by atoms with Gasteiger partial charge in [-0.25, -0.2) is 0 Å². The second kappa shape index (κ2) is 8.01. The van der Waals surface area contributed by atoms with E-state index in [0.29, 0.717) is 6.04 Å². The van der Waals surface area contributed by atoms with Crippen molar-refractivity contribution in [2.24, 2.45) is 0 Å². The first-order chi connectivity index (χ1) is 16.0. The molecule has 1 saturated heterocycles. The minimum absolute atomic E-state index is 0.137. The average molecular weight is 460 g/mol. The number of aromatic nitrogens is 5. The lowest BCUT2D eigenvalue weighted by molar-refractivity contribution is 0.130. The fourth-order valence-corrected chi connectivity index (χ4v) is 5.07. The van der Waals surface area contributed by atoms with E-state index < -0.39 is 0 Å². The van der Waals surface area contributed by atoms with E-state index in [4.69, 9.17) is 11.6 Å². The Bertz CT molecular complexity index is 1300. The van der Waals surface area contributed by atoms with Crippen LogP contribution >= 0.6 is 11.6 Å². The molecule has 4 aromatic rings. The fraction of sp³-hybridized carbons (Fsp3) is 0.320. The number of anilines is 1.